The zero-order valence-electron chi connectivity index (χ0n) is 12.5. The number of aromatic nitrogens is 3. The Morgan fingerprint density at radius 2 is 2.04 bits per heavy atom. The molecule has 1 heterocycles. The van der Waals surface area contributed by atoms with Gasteiger partial charge in [-0.25, -0.2) is 9.18 Å². The number of halogens is 1. The molecule has 1 aromatic heterocycles. The Bertz CT molecular complexity index is 671. The van der Waals surface area contributed by atoms with Crippen molar-refractivity contribution in [1.29, 1.82) is 0 Å². The predicted octanol–water partition coefficient (Wildman–Crippen LogP) is 1.30. The van der Waals surface area contributed by atoms with E-state index in [1.807, 2.05) is 0 Å². The monoisotopic (exact) mass is 321 g/mol. The number of amides is 2. The SMILES string of the molecule is CCOC(=O)Nc1cnn(CC(=O)NCc2ccc(F)cc2)n1. The summed E-state index contributed by atoms with van der Waals surface area (Å²) in [6.45, 7) is 2.09. The Hall–Kier alpha value is -2.97. The fraction of sp³-hybridized carbons (Fsp3) is 0.286. The first-order valence-electron chi connectivity index (χ1n) is 6.92. The second-order valence-corrected chi connectivity index (χ2v) is 4.51. The summed E-state index contributed by atoms with van der Waals surface area (Å²) in [7, 11) is 0. The summed E-state index contributed by atoms with van der Waals surface area (Å²) in [6.07, 6.45) is 0.671. The van der Waals surface area contributed by atoms with Crippen molar-refractivity contribution < 1.29 is 18.7 Å². The normalized spacial score (nSPS) is 10.2. The minimum Gasteiger partial charge on any atom is -0.450 e. The molecule has 0 aliphatic carbocycles. The fourth-order valence-electron chi connectivity index (χ4n) is 1.69. The highest BCUT2D eigenvalue weighted by Gasteiger charge is 2.09. The second-order valence-electron chi connectivity index (χ2n) is 4.51. The lowest BCUT2D eigenvalue weighted by atomic mass is 10.2. The van der Waals surface area contributed by atoms with Crippen molar-refractivity contribution in [2.75, 3.05) is 11.9 Å². The van der Waals surface area contributed by atoms with Crippen molar-refractivity contribution in [3.05, 3.63) is 41.8 Å². The van der Waals surface area contributed by atoms with Crippen LogP contribution in [0, 0.1) is 5.82 Å². The van der Waals surface area contributed by atoms with Crippen LogP contribution in [0.25, 0.3) is 0 Å². The molecule has 8 nitrogen and oxygen atoms in total. The van der Waals surface area contributed by atoms with Crippen molar-refractivity contribution in [3.8, 4) is 0 Å². The third-order valence-electron chi connectivity index (χ3n) is 2.73. The average Bonchev–Trinajstić information content (AvgIpc) is 2.94. The topological polar surface area (TPSA) is 98.1 Å². The molecule has 0 aliphatic rings. The van der Waals surface area contributed by atoms with Gasteiger partial charge in [-0.1, -0.05) is 12.1 Å². The summed E-state index contributed by atoms with van der Waals surface area (Å²) in [5.74, 6) is -0.454. The van der Waals surface area contributed by atoms with E-state index in [9.17, 15) is 14.0 Å². The first kappa shape index (κ1) is 16.4. The summed E-state index contributed by atoms with van der Waals surface area (Å²) in [5, 5.41) is 12.8. The third-order valence-corrected chi connectivity index (χ3v) is 2.73. The highest BCUT2D eigenvalue weighted by molar-refractivity contribution is 5.83. The van der Waals surface area contributed by atoms with E-state index in [0.717, 1.165) is 10.4 Å². The van der Waals surface area contributed by atoms with E-state index in [0.29, 0.717) is 0 Å². The van der Waals surface area contributed by atoms with Crippen molar-refractivity contribution in [3.63, 3.8) is 0 Å². The highest BCUT2D eigenvalue weighted by Crippen LogP contribution is 2.02. The lowest BCUT2D eigenvalue weighted by Gasteiger charge is -2.05. The van der Waals surface area contributed by atoms with E-state index < -0.39 is 6.09 Å². The first-order valence-corrected chi connectivity index (χ1v) is 6.92. The van der Waals surface area contributed by atoms with E-state index in [1.54, 1.807) is 19.1 Å². The first-order chi connectivity index (χ1) is 11.1. The maximum Gasteiger partial charge on any atom is 0.412 e. The zero-order chi connectivity index (χ0) is 16.7. The van der Waals surface area contributed by atoms with Crippen LogP contribution in [0.1, 0.15) is 12.5 Å². The van der Waals surface area contributed by atoms with Gasteiger partial charge in [0.1, 0.15) is 12.4 Å². The number of nitrogens with zero attached hydrogens (tertiary/aromatic N) is 3. The van der Waals surface area contributed by atoms with Crippen LogP contribution in [0.15, 0.2) is 30.5 Å². The van der Waals surface area contributed by atoms with Crippen LogP contribution < -0.4 is 10.6 Å². The van der Waals surface area contributed by atoms with Gasteiger partial charge in [0, 0.05) is 6.54 Å². The van der Waals surface area contributed by atoms with Crippen molar-refractivity contribution in [2.24, 2.45) is 0 Å². The van der Waals surface area contributed by atoms with Gasteiger partial charge in [0.25, 0.3) is 0 Å². The number of hydrogen-bond donors (Lipinski definition) is 2. The molecule has 0 saturated carbocycles. The molecule has 23 heavy (non-hydrogen) atoms. The van der Waals surface area contributed by atoms with Gasteiger partial charge in [-0.2, -0.15) is 9.90 Å². The molecular formula is C14H16FN5O3. The average molecular weight is 321 g/mol. The van der Waals surface area contributed by atoms with Crippen molar-refractivity contribution >= 4 is 17.8 Å². The van der Waals surface area contributed by atoms with Gasteiger partial charge in [-0.15, -0.1) is 5.10 Å². The Kier molecular flexibility index (Phi) is 5.61. The highest BCUT2D eigenvalue weighted by atomic mass is 19.1. The molecule has 0 bridgehead atoms. The van der Waals surface area contributed by atoms with Crippen LogP contribution in [0.5, 0.6) is 0 Å². The number of carbonyl (C=O) groups is 2. The van der Waals surface area contributed by atoms with Crippen molar-refractivity contribution in [1.82, 2.24) is 20.3 Å². The molecule has 2 N–H and O–H groups in total. The lowest BCUT2D eigenvalue weighted by Crippen LogP contribution is -2.28. The van der Waals surface area contributed by atoms with Crippen molar-refractivity contribution in [2.45, 2.75) is 20.0 Å². The molecule has 122 valence electrons. The van der Waals surface area contributed by atoms with E-state index >= 15 is 0 Å². The Morgan fingerprint density at radius 1 is 1.30 bits per heavy atom. The van der Waals surface area contributed by atoms with Crippen LogP contribution in [-0.4, -0.2) is 33.6 Å². The second kappa shape index (κ2) is 7.87. The summed E-state index contributed by atoms with van der Waals surface area (Å²) in [4.78, 5) is 24.1. The van der Waals surface area contributed by atoms with E-state index in [1.165, 1.54) is 18.3 Å². The molecule has 2 amide bonds. The zero-order valence-corrected chi connectivity index (χ0v) is 12.5. The quantitative estimate of drug-likeness (QED) is 0.836. The fourth-order valence-corrected chi connectivity index (χ4v) is 1.69. The van der Waals surface area contributed by atoms with Gasteiger partial charge < -0.3 is 10.1 Å². The van der Waals surface area contributed by atoms with Gasteiger partial charge in [-0.05, 0) is 24.6 Å². The van der Waals surface area contributed by atoms with Crippen LogP contribution in [0.4, 0.5) is 15.0 Å². The van der Waals surface area contributed by atoms with Crippen LogP contribution in [0.3, 0.4) is 0 Å². The van der Waals surface area contributed by atoms with Crippen LogP contribution in [-0.2, 0) is 22.6 Å². The van der Waals surface area contributed by atoms with Crippen LogP contribution in [0.2, 0.25) is 0 Å². The van der Waals surface area contributed by atoms with Crippen LogP contribution >= 0.6 is 0 Å². The molecule has 2 aromatic rings. The molecule has 0 saturated heterocycles. The molecule has 0 radical (unpaired) electrons. The molecule has 2 rings (SSSR count). The Morgan fingerprint density at radius 3 is 2.74 bits per heavy atom. The lowest BCUT2D eigenvalue weighted by molar-refractivity contribution is -0.122. The number of nitrogens with one attached hydrogen (secondary N) is 2. The molecule has 1 aromatic carbocycles. The van der Waals surface area contributed by atoms with Gasteiger partial charge in [0.15, 0.2) is 5.82 Å². The molecule has 0 atom stereocenters. The number of rotatable bonds is 6. The predicted molar refractivity (Wildman–Crippen MR) is 78.9 cm³/mol. The number of anilines is 1. The summed E-state index contributed by atoms with van der Waals surface area (Å²) < 4.78 is 17.5. The largest absolute Gasteiger partial charge is 0.450 e. The van der Waals surface area contributed by atoms with Gasteiger partial charge >= 0.3 is 6.09 Å². The van der Waals surface area contributed by atoms with Gasteiger partial charge in [0.05, 0.1) is 12.8 Å². The molecule has 0 fully saturated rings. The van der Waals surface area contributed by atoms with E-state index in [4.69, 9.17) is 4.74 Å². The summed E-state index contributed by atoms with van der Waals surface area (Å²) in [5.41, 5.74) is 0.776. The standard InChI is InChI=1S/C14H16FN5O3/c1-2-23-14(22)18-12-8-17-20(19-12)9-13(21)16-7-10-3-5-11(15)6-4-10/h3-6,8H,2,7,9H2,1H3,(H,16,21)(H,18,19,22). The molecular weight excluding hydrogens is 305 g/mol. The molecule has 0 aliphatic heterocycles. The number of ether oxygens (including phenoxy) is 1. The minimum absolute atomic E-state index is 0.105. The minimum atomic E-state index is -0.639. The summed E-state index contributed by atoms with van der Waals surface area (Å²) >= 11 is 0. The van der Waals surface area contributed by atoms with E-state index in [-0.39, 0.29) is 37.2 Å². The third kappa shape index (κ3) is 5.38. The Balaban J connectivity index is 1.80. The number of hydrogen-bond acceptors (Lipinski definition) is 5. The van der Waals surface area contributed by atoms with E-state index in [2.05, 4.69) is 20.8 Å². The van der Waals surface area contributed by atoms with Gasteiger partial charge in [-0.3, -0.25) is 10.1 Å². The Labute approximate surface area is 131 Å². The molecule has 0 unspecified atom stereocenters. The maximum atomic E-state index is 12.8. The van der Waals surface area contributed by atoms with Gasteiger partial charge in [0.2, 0.25) is 5.91 Å². The smallest absolute Gasteiger partial charge is 0.412 e. The maximum absolute atomic E-state index is 12.8. The summed E-state index contributed by atoms with van der Waals surface area (Å²) in [6, 6.07) is 5.82. The number of carbonyl (C=O) groups excluding carboxylic acids is 2. The molecule has 0 spiro atoms. The molecule has 9 heteroatoms. The number of benzene rings is 1.